The summed E-state index contributed by atoms with van der Waals surface area (Å²) in [6.45, 7) is 2.10. The molecule has 138 valence electrons. The molecule has 0 amide bonds. The number of fused-ring (bicyclic) bond motifs is 2. The first-order valence-electron chi connectivity index (χ1n) is 9.24. The van der Waals surface area contributed by atoms with Crippen molar-refractivity contribution < 1.29 is 9.47 Å². The number of anilines is 2. The fraction of sp³-hybridized carbons (Fsp3) is 0.286. The van der Waals surface area contributed by atoms with Crippen molar-refractivity contribution in [1.82, 2.24) is 9.78 Å². The van der Waals surface area contributed by atoms with Crippen LogP contribution in [0.15, 0.2) is 42.5 Å². The fourth-order valence-electron chi connectivity index (χ4n) is 3.69. The summed E-state index contributed by atoms with van der Waals surface area (Å²) in [5, 5.41) is 8.45. The zero-order valence-corrected chi connectivity index (χ0v) is 15.5. The number of nitrogens with one attached hydrogen (secondary N) is 1. The van der Waals surface area contributed by atoms with Crippen LogP contribution in [0.4, 0.5) is 11.5 Å². The van der Waals surface area contributed by atoms with Crippen molar-refractivity contribution in [2.75, 3.05) is 44.1 Å². The number of rotatable bonds is 3. The van der Waals surface area contributed by atoms with E-state index in [1.54, 1.807) is 0 Å². The summed E-state index contributed by atoms with van der Waals surface area (Å²) in [6.07, 6.45) is 0.974. The molecular weight excluding hydrogens is 340 g/mol. The highest BCUT2D eigenvalue weighted by atomic mass is 16.6. The van der Waals surface area contributed by atoms with Gasteiger partial charge in [-0.1, -0.05) is 12.1 Å². The van der Waals surface area contributed by atoms with Crippen LogP contribution in [0.5, 0.6) is 11.5 Å². The Bertz CT molecular complexity index is 1010. The largest absolute Gasteiger partial charge is 0.486 e. The summed E-state index contributed by atoms with van der Waals surface area (Å²) < 4.78 is 13.4. The molecule has 3 heterocycles. The standard InChI is InChI=1S/C21H22N4O2/c1-24(2)15-5-3-4-14(12-15)20-17-8-9-22-21(17)25(23-20)16-6-7-18-19(13-16)27-11-10-26-18/h3-7,12-13,22H,8-11H2,1-2H3. The molecule has 1 N–H and O–H groups in total. The average Bonchev–Trinajstić information content (AvgIpc) is 3.30. The van der Waals surface area contributed by atoms with Gasteiger partial charge in [0, 0.05) is 43.5 Å². The van der Waals surface area contributed by atoms with Crippen LogP contribution in [0.25, 0.3) is 16.9 Å². The topological polar surface area (TPSA) is 51.6 Å². The maximum Gasteiger partial charge on any atom is 0.163 e. The van der Waals surface area contributed by atoms with E-state index in [0.29, 0.717) is 13.2 Å². The van der Waals surface area contributed by atoms with E-state index in [4.69, 9.17) is 14.6 Å². The van der Waals surface area contributed by atoms with Crippen LogP contribution in [0.1, 0.15) is 5.56 Å². The van der Waals surface area contributed by atoms with Crippen LogP contribution >= 0.6 is 0 Å². The molecule has 0 saturated heterocycles. The molecule has 6 nitrogen and oxygen atoms in total. The monoisotopic (exact) mass is 362 g/mol. The number of benzene rings is 2. The van der Waals surface area contributed by atoms with Crippen molar-refractivity contribution in [2.45, 2.75) is 6.42 Å². The normalized spacial score (nSPS) is 14.6. The predicted molar refractivity (Wildman–Crippen MR) is 107 cm³/mol. The Morgan fingerprint density at radius 3 is 2.74 bits per heavy atom. The second kappa shape index (κ2) is 6.23. The third-order valence-corrected chi connectivity index (χ3v) is 5.06. The molecule has 0 fully saturated rings. The summed E-state index contributed by atoms with van der Waals surface area (Å²) in [5.74, 6) is 2.63. The van der Waals surface area contributed by atoms with Gasteiger partial charge in [-0.25, -0.2) is 4.68 Å². The van der Waals surface area contributed by atoms with Gasteiger partial charge in [-0.2, -0.15) is 5.10 Å². The minimum atomic E-state index is 0.578. The minimum absolute atomic E-state index is 0.578. The molecule has 0 unspecified atom stereocenters. The minimum Gasteiger partial charge on any atom is -0.486 e. The zero-order chi connectivity index (χ0) is 18.4. The predicted octanol–water partition coefficient (Wildman–Crippen LogP) is 3.34. The van der Waals surface area contributed by atoms with Gasteiger partial charge in [-0.3, -0.25) is 0 Å². The van der Waals surface area contributed by atoms with Gasteiger partial charge in [0.15, 0.2) is 11.5 Å². The summed E-state index contributed by atoms with van der Waals surface area (Å²) >= 11 is 0. The van der Waals surface area contributed by atoms with Crippen LogP contribution in [-0.2, 0) is 6.42 Å². The van der Waals surface area contributed by atoms with Crippen LogP contribution in [0.3, 0.4) is 0 Å². The van der Waals surface area contributed by atoms with Gasteiger partial charge in [-0.05, 0) is 30.7 Å². The Morgan fingerprint density at radius 2 is 1.89 bits per heavy atom. The first-order valence-corrected chi connectivity index (χ1v) is 9.24. The third kappa shape index (κ3) is 2.68. The molecule has 2 aliphatic rings. The van der Waals surface area contributed by atoms with E-state index >= 15 is 0 Å². The molecule has 0 atom stereocenters. The number of ether oxygens (including phenoxy) is 2. The van der Waals surface area contributed by atoms with Gasteiger partial charge in [0.05, 0.1) is 11.4 Å². The van der Waals surface area contributed by atoms with Crippen LogP contribution in [0, 0.1) is 0 Å². The molecule has 0 saturated carbocycles. The second-order valence-corrected chi connectivity index (χ2v) is 7.04. The third-order valence-electron chi connectivity index (χ3n) is 5.06. The molecule has 2 aliphatic heterocycles. The molecule has 0 aliphatic carbocycles. The van der Waals surface area contributed by atoms with E-state index in [-0.39, 0.29) is 0 Å². The fourth-order valence-corrected chi connectivity index (χ4v) is 3.69. The molecule has 2 aromatic carbocycles. The molecule has 0 spiro atoms. The highest BCUT2D eigenvalue weighted by Gasteiger charge is 2.25. The second-order valence-electron chi connectivity index (χ2n) is 7.04. The van der Waals surface area contributed by atoms with Crippen molar-refractivity contribution in [3.63, 3.8) is 0 Å². The van der Waals surface area contributed by atoms with Crippen LogP contribution in [0.2, 0.25) is 0 Å². The lowest BCUT2D eigenvalue weighted by molar-refractivity contribution is 0.171. The summed E-state index contributed by atoms with van der Waals surface area (Å²) in [6, 6.07) is 14.5. The van der Waals surface area contributed by atoms with E-state index < -0.39 is 0 Å². The summed E-state index contributed by atoms with van der Waals surface area (Å²) in [4.78, 5) is 2.11. The van der Waals surface area contributed by atoms with Crippen molar-refractivity contribution in [2.24, 2.45) is 0 Å². The first-order chi connectivity index (χ1) is 13.2. The number of nitrogens with zero attached hydrogens (tertiary/aromatic N) is 3. The maximum atomic E-state index is 5.75. The van der Waals surface area contributed by atoms with Gasteiger partial charge < -0.3 is 19.7 Å². The Hall–Kier alpha value is -3.15. The molecule has 0 bridgehead atoms. The zero-order valence-electron chi connectivity index (χ0n) is 15.5. The highest BCUT2D eigenvalue weighted by molar-refractivity contribution is 5.75. The van der Waals surface area contributed by atoms with Gasteiger partial charge >= 0.3 is 0 Å². The van der Waals surface area contributed by atoms with Gasteiger partial charge in [0.2, 0.25) is 0 Å². The summed E-state index contributed by atoms with van der Waals surface area (Å²) in [7, 11) is 4.11. The highest BCUT2D eigenvalue weighted by Crippen LogP contribution is 2.38. The molecule has 6 heteroatoms. The van der Waals surface area contributed by atoms with E-state index in [0.717, 1.165) is 47.2 Å². The van der Waals surface area contributed by atoms with E-state index in [1.807, 2.05) is 22.9 Å². The SMILES string of the molecule is CN(C)c1cccc(-c2nn(-c3ccc4c(c3)OCCO4)c3c2CCN3)c1. The number of hydrogen-bond acceptors (Lipinski definition) is 5. The van der Waals surface area contributed by atoms with E-state index in [1.165, 1.54) is 11.3 Å². The lowest BCUT2D eigenvalue weighted by Crippen LogP contribution is -2.15. The van der Waals surface area contributed by atoms with Gasteiger partial charge in [0.25, 0.3) is 0 Å². The lowest BCUT2D eigenvalue weighted by atomic mass is 10.1. The van der Waals surface area contributed by atoms with E-state index in [9.17, 15) is 0 Å². The number of aromatic nitrogens is 2. The van der Waals surface area contributed by atoms with E-state index in [2.05, 4.69) is 48.6 Å². The van der Waals surface area contributed by atoms with Gasteiger partial charge in [-0.15, -0.1) is 0 Å². The molecule has 0 radical (unpaired) electrons. The molecule has 27 heavy (non-hydrogen) atoms. The molecule has 1 aromatic heterocycles. The van der Waals surface area contributed by atoms with Crippen molar-refractivity contribution in [1.29, 1.82) is 0 Å². The number of hydrogen-bond donors (Lipinski definition) is 1. The Balaban J connectivity index is 1.62. The summed E-state index contributed by atoms with van der Waals surface area (Å²) in [5.41, 5.74) is 5.58. The Morgan fingerprint density at radius 1 is 1.04 bits per heavy atom. The maximum absolute atomic E-state index is 5.75. The molecule has 5 rings (SSSR count). The molecule has 3 aromatic rings. The van der Waals surface area contributed by atoms with Crippen molar-refractivity contribution in [3.05, 3.63) is 48.0 Å². The van der Waals surface area contributed by atoms with Crippen LogP contribution in [-0.4, -0.2) is 43.6 Å². The smallest absolute Gasteiger partial charge is 0.163 e. The lowest BCUT2D eigenvalue weighted by Gasteiger charge is -2.19. The van der Waals surface area contributed by atoms with Gasteiger partial charge in [0.1, 0.15) is 19.0 Å². The van der Waals surface area contributed by atoms with Crippen molar-refractivity contribution in [3.8, 4) is 28.4 Å². The molecular formula is C21H22N4O2. The first kappa shape index (κ1) is 16.1. The Kier molecular flexibility index (Phi) is 3.70. The quantitative estimate of drug-likeness (QED) is 0.774. The Labute approximate surface area is 158 Å². The van der Waals surface area contributed by atoms with Crippen LogP contribution < -0.4 is 19.7 Å². The average molecular weight is 362 g/mol. The van der Waals surface area contributed by atoms with Crippen molar-refractivity contribution >= 4 is 11.5 Å².